The smallest absolute Gasteiger partial charge is 0.221 e. The van der Waals surface area contributed by atoms with Gasteiger partial charge >= 0.3 is 0 Å². The minimum absolute atomic E-state index is 0.218. The normalized spacial score (nSPS) is 25.3. The number of nitrogens with zero attached hydrogens (tertiary/aromatic N) is 2. The number of rotatable bonds is 7. The molecule has 1 aliphatic carbocycles. The van der Waals surface area contributed by atoms with Crippen LogP contribution in [0.4, 0.5) is 0 Å². The van der Waals surface area contributed by atoms with Crippen LogP contribution in [0.1, 0.15) is 24.8 Å². The van der Waals surface area contributed by atoms with Gasteiger partial charge in [-0.15, -0.1) is 0 Å². The van der Waals surface area contributed by atoms with Crippen molar-refractivity contribution in [2.45, 2.75) is 31.8 Å². The molecule has 1 aromatic rings. The van der Waals surface area contributed by atoms with Gasteiger partial charge in [0.2, 0.25) is 5.91 Å². The van der Waals surface area contributed by atoms with E-state index in [1.54, 1.807) is 11.8 Å². The van der Waals surface area contributed by atoms with E-state index < -0.39 is 0 Å². The number of aromatic nitrogens is 1. The quantitative estimate of drug-likeness (QED) is 0.836. The van der Waals surface area contributed by atoms with E-state index in [1.807, 2.05) is 18.6 Å². The van der Waals surface area contributed by atoms with Crippen LogP contribution in [0.3, 0.4) is 0 Å². The maximum Gasteiger partial charge on any atom is 0.221 e. The standard InChI is InChI=1S/C17H25N3OS/c1-22-9-6-17(21)19-16-12-20(11-15(16)14-2-3-14)10-13-4-7-18-8-5-13/h4-5,7-8,14-16H,2-3,6,9-12H2,1H3,(H,19,21)/t15-,16+/m0/s1. The Kier molecular flexibility index (Phi) is 5.37. The number of likely N-dealkylation sites (tertiary alicyclic amines) is 1. The summed E-state index contributed by atoms with van der Waals surface area (Å²) in [6.07, 6.45) is 9.07. The highest BCUT2D eigenvalue weighted by Gasteiger charge is 2.42. The second-order valence-electron chi connectivity index (χ2n) is 6.47. The number of thioether (sulfide) groups is 1. The molecule has 1 saturated heterocycles. The fourth-order valence-corrected chi connectivity index (χ4v) is 3.81. The topological polar surface area (TPSA) is 45.2 Å². The lowest BCUT2D eigenvalue weighted by Gasteiger charge is -2.19. The molecule has 1 saturated carbocycles. The lowest BCUT2D eigenvalue weighted by atomic mass is 9.98. The third-order valence-corrected chi connectivity index (χ3v) is 5.32. The number of hydrogen-bond donors (Lipinski definition) is 1. The summed E-state index contributed by atoms with van der Waals surface area (Å²) in [5.41, 5.74) is 1.30. The first kappa shape index (κ1) is 15.8. The molecule has 0 spiro atoms. The summed E-state index contributed by atoms with van der Waals surface area (Å²) in [7, 11) is 0. The van der Waals surface area contributed by atoms with Crippen LogP contribution < -0.4 is 5.32 Å². The fourth-order valence-electron chi connectivity index (χ4n) is 3.42. The van der Waals surface area contributed by atoms with Gasteiger partial charge in [0, 0.05) is 50.2 Å². The number of amides is 1. The van der Waals surface area contributed by atoms with Gasteiger partial charge in [0.15, 0.2) is 0 Å². The van der Waals surface area contributed by atoms with E-state index in [2.05, 4.69) is 27.3 Å². The Morgan fingerprint density at radius 3 is 2.82 bits per heavy atom. The third-order valence-electron chi connectivity index (χ3n) is 4.70. The van der Waals surface area contributed by atoms with E-state index >= 15 is 0 Å². The first-order valence-electron chi connectivity index (χ1n) is 8.16. The number of carbonyl (C=O) groups is 1. The van der Waals surface area contributed by atoms with Gasteiger partial charge in [0.25, 0.3) is 0 Å². The van der Waals surface area contributed by atoms with Crippen molar-refractivity contribution in [3.05, 3.63) is 30.1 Å². The number of pyridine rings is 1. The molecule has 3 rings (SSSR count). The Hall–Kier alpha value is -1.07. The van der Waals surface area contributed by atoms with Crippen molar-refractivity contribution < 1.29 is 4.79 Å². The van der Waals surface area contributed by atoms with Gasteiger partial charge in [-0.05, 0) is 48.6 Å². The molecule has 5 heteroatoms. The summed E-state index contributed by atoms with van der Waals surface area (Å²) in [6.45, 7) is 3.05. The first-order chi connectivity index (χ1) is 10.8. The lowest BCUT2D eigenvalue weighted by Crippen LogP contribution is -2.41. The monoisotopic (exact) mass is 319 g/mol. The summed E-state index contributed by atoms with van der Waals surface area (Å²) in [4.78, 5) is 18.6. The molecule has 0 aromatic carbocycles. The van der Waals surface area contributed by atoms with Crippen molar-refractivity contribution >= 4 is 17.7 Å². The Morgan fingerprint density at radius 1 is 1.36 bits per heavy atom. The molecule has 2 fully saturated rings. The van der Waals surface area contributed by atoms with E-state index in [-0.39, 0.29) is 5.91 Å². The predicted molar refractivity (Wildman–Crippen MR) is 90.7 cm³/mol. The maximum absolute atomic E-state index is 12.1. The number of carbonyl (C=O) groups excluding carboxylic acids is 1. The Morgan fingerprint density at radius 2 is 2.14 bits per heavy atom. The van der Waals surface area contributed by atoms with Gasteiger partial charge in [-0.3, -0.25) is 14.7 Å². The highest BCUT2D eigenvalue weighted by Crippen LogP contribution is 2.41. The fraction of sp³-hybridized carbons (Fsp3) is 0.647. The molecule has 2 heterocycles. The van der Waals surface area contributed by atoms with E-state index in [0.29, 0.717) is 18.4 Å². The van der Waals surface area contributed by atoms with Crippen LogP contribution in [-0.2, 0) is 11.3 Å². The largest absolute Gasteiger partial charge is 0.352 e. The average molecular weight is 319 g/mol. The number of hydrogen-bond acceptors (Lipinski definition) is 4. The van der Waals surface area contributed by atoms with Crippen LogP contribution in [0.5, 0.6) is 0 Å². The molecule has 0 radical (unpaired) electrons. The minimum Gasteiger partial charge on any atom is -0.352 e. The van der Waals surface area contributed by atoms with E-state index in [0.717, 1.165) is 31.3 Å². The van der Waals surface area contributed by atoms with Gasteiger partial charge < -0.3 is 5.32 Å². The first-order valence-corrected chi connectivity index (χ1v) is 9.55. The van der Waals surface area contributed by atoms with Crippen LogP contribution in [0, 0.1) is 11.8 Å². The zero-order valence-electron chi connectivity index (χ0n) is 13.2. The lowest BCUT2D eigenvalue weighted by molar-refractivity contribution is -0.121. The van der Waals surface area contributed by atoms with E-state index in [4.69, 9.17) is 0 Å². The molecule has 4 nitrogen and oxygen atoms in total. The molecule has 0 bridgehead atoms. The highest BCUT2D eigenvalue weighted by molar-refractivity contribution is 7.98. The molecule has 1 aromatic heterocycles. The molecule has 2 atom stereocenters. The molecule has 120 valence electrons. The van der Waals surface area contributed by atoms with Gasteiger partial charge in [-0.2, -0.15) is 11.8 Å². The molecule has 1 N–H and O–H groups in total. The summed E-state index contributed by atoms with van der Waals surface area (Å²) in [5, 5.41) is 3.29. The van der Waals surface area contributed by atoms with Crippen molar-refractivity contribution in [3.8, 4) is 0 Å². The van der Waals surface area contributed by atoms with Crippen LogP contribution in [-0.4, -0.2) is 46.9 Å². The zero-order chi connectivity index (χ0) is 15.4. The second-order valence-corrected chi connectivity index (χ2v) is 7.45. The average Bonchev–Trinajstić information content (AvgIpc) is 3.29. The van der Waals surface area contributed by atoms with Crippen molar-refractivity contribution in [3.63, 3.8) is 0 Å². The van der Waals surface area contributed by atoms with Crippen LogP contribution in [0.15, 0.2) is 24.5 Å². The van der Waals surface area contributed by atoms with Crippen molar-refractivity contribution in [2.75, 3.05) is 25.1 Å². The van der Waals surface area contributed by atoms with E-state index in [1.165, 1.54) is 18.4 Å². The SMILES string of the molecule is CSCCC(=O)N[C@@H]1CN(Cc2ccncc2)C[C@H]1C1CC1. The van der Waals surface area contributed by atoms with Crippen molar-refractivity contribution in [1.82, 2.24) is 15.2 Å². The van der Waals surface area contributed by atoms with Crippen molar-refractivity contribution in [1.29, 1.82) is 0 Å². The zero-order valence-corrected chi connectivity index (χ0v) is 14.0. The van der Waals surface area contributed by atoms with Crippen LogP contribution >= 0.6 is 11.8 Å². The van der Waals surface area contributed by atoms with Gasteiger partial charge in [0.1, 0.15) is 0 Å². The van der Waals surface area contributed by atoms with Crippen molar-refractivity contribution in [2.24, 2.45) is 11.8 Å². The highest BCUT2D eigenvalue weighted by atomic mass is 32.2. The Labute approximate surface area is 137 Å². The minimum atomic E-state index is 0.218. The second kappa shape index (κ2) is 7.47. The molecule has 1 amide bonds. The number of nitrogens with one attached hydrogen (secondary N) is 1. The Bertz CT molecular complexity index is 492. The Balaban J connectivity index is 1.56. The summed E-state index contributed by atoms with van der Waals surface area (Å²) < 4.78 is 0. The molecule has 2 aliphatic rings. The third kappa shape index (κ3) is 4.23. The van der Waals surface area contributed by atoms with E-state index in [9.17, 15) is 4.79 Å². The summed E-state index contributed by atoms with van der Waals surface area (Å²) in [5.74, 6) is 2.59. The molecule has 1 aliphatic heterocycles. The molecular weight excluding hydrogens is 294 g/mol. The summed E-state index contributed by atoms with van der Waals surface area (Å²) in [6, 6.07) is 4.50. The summed E-state index contributed by atoms with van der Waals surface area (Å²) >= 11 is 1.73. The molecule has 22 heavy (non-hydrogen) atoms. The van der Waals surface area contributed by atoms with Crippen LogP contribution in [0.2, 0.25) is 0 Å². The van der Waals surface area contributed by atoms with Gasteiger partial charge in [-0.1, -0.05) is 0 Å². The predicted octanol–water partition coefficient (Wildman–Crippen LogP) is 2.16. The van der Waals surface area contributed by atoms with Gasteiger partial charge in [0.05, 0.1) is 0 Å². The van der Waals surface area contributed by atoms with Crippen LogP contribution in [0.25, 0.3) is 0 Å². The molecular formula is C17H25N3OS. The molecule has 0 unspecified atom stereocenters. The van der Waals surface area contributed by atoms with Gasteiger partial charge in [-0.25, -0.2) is 0 Å². The maximum atomic E-state index is 12.1.